The number of ether oxygens (including phenoxy) is 1. The molecule has 150 valence electrons. The van der Waals surface area contributed by atoms with Crippen molar-refractivity contribution >= 4 is 29.1 Å². The second-order valence-electron chi connectivity index (χ2n) is 6.58. The fourth-order valence-electron chi connectivity index (χ4n) is 3.26. The second kappa shape index (κ2) is 7.75. The van der Waals surface area contributed by atoms with Crippen LogP contribution in [0.25, 0.3) is 0 Å². The van der Waals surface area contributed by atoms with E-state index in [1.807, 2.05) is 0 Å². The quantitative estimate of drug-likeness (QED) is 0.766. The van der Waals surface area contributed by atoms with Crippen molar-refractivity contribution in [2.75, 3.05) is 18.9 Å². The average Bonchev–Trinajstić information content (AvgIpc) is 3.10. The number of amides is 2. The topological polar surface area (TPSA) is 76.5 Å². The Morgan fingerprint density at radius 1 is 1.43 bits per heavy atom. The lowest BCUT2D eigenvalue weighted by Crippen LogP contribution is -2.33. The molecule has 2 amide bonds. The van der Waals surface area contributed by atoms with E-state index in [4.69, 9.17) is 16.3 Å². The maximum absolute atomic E-state index is 14.0. The molecule has 1 aliphatic heterocycles. The average molecular weight is 413 g/mol. The Morgan fingerprint density at radius 2 is 2.14 bits per heavy atom. The van der Waals surface area contributed by atoms with E-state index in [0.29, 0.717) is 10.7 Å². The zero-order chi connectivity index (χ0) is 20.6. The number of likely N-dealkylation sites (N-methyl/N-ethyl adjacent to an activating group) is 1. The van der Waals surface area contributed by atoms with Gasteiger partial charge in [0.2, 0.25) is 18.2 Å². The zero-order valence-electron chi connectivity index (χ0n) is 15.4. The third kappa shape index (κ3) is 3.66. The molecule has 0 aliphatic carbocycles. The van der Waals surface area contributed by atoms with Crippen LogP contribution in [0.5, 0.6) is 5.75 Å². The maximum atomic E-state index is 14.0. The van der Waals surface area contributed by atoms with Crippen LogP contribution in [0.4, 0.5) is 14.5 Å². The Balaban J connectivity index is 1.91. The first kappa shape index (κ1) is 20.1. The van der Waals surface area contributed by atoms with E-state index in [1.165, 1.54) is 27.9 Å². The van der Waals surface area contributed by atoms with Gasteiger partial charge in [-0.3, -0.25) is 14.3 Å². The van der Waals surface area contributed by atoms with Crippen LogP contribution in [0.15, 0.2) is 24.4 Å². The van der Waals surface area contributed by atoms with Gasteiger partial charge in [0.05, 0.1) is 11.9 Å². The molecule has 1 aromatic carbocycles. The predicted molar refractivity (Wildman–Crippen MR) is 98.3 cm³/mol. The lowest BCUT2D eigenvalue weighted by Gasteiger charge is -2.18. The van der Waals surface area contributed by atoms with Gasteiger partial charge in [-0.05, 0) is 12.1 Å². The number of benzene rings is 1. The molecule has 0 spiro atoms. The van der Waals surface area contributed by atoms with Gasteiger partial charge in [0.15, 0.2) is 11.6 Å². The number of anilines is 1. The van der Waals surface area contributed by atoms with Crippen molar-refractivity contribution < 1.29 is 23.1 Å². The van der Waals surface area contributed by atoms with Crippen LogP contribution < -0.4 is 10.1 Å². The number of halogens is 3. The summed E-state index contributed by atoms with van der Waals surface area (Å²) in [6, 6.07) is 3.80. The van der Waals surface area contributed by atoms with Crippen LogP contribution in [-0.2, 0) is 16.6 Å². The molecule has 0 bridgehead atoms. The number of rotatable bonds is 5. The summed E-state index contributed by atoms with van der Waals surface area (Å²) >= 11 is 6.25. The zero-order valence-corrected chi connectivity index (χ0v) is 16.2. The van der Waals surface area contributed by atoms with E-state index in [1.54, 1.807) is 14.1 Å². The van der Waals surface area contributed by atoms with Crippen LogP contribution in [0.3, 0.4) is 0 Å². The summed E-state index contributed by atoms with van der Waals surface area (Å²) in [6.07, 6.45) is -0.268. The predicted octanol–water partition coefficient (Wildman–Crippen LogP) is 2.72. The number of hydrogen-bond acceptors (Lipinski definition) is 4. The minimum absolute atomic E-state index is 0.0621. The van der Waals surface area contributed by atoms with Crippen molar-refractivity contribution in [3.05, 3.63) is 40.9 Å². The van der Waals surface area contributed by atoms with Gasteiger partial charge in [0, 0.05) is 39.0 Å². The number of likely N-dealkylation sites (tertiary alicyclic amines) is 1. The number of aromatic nitrogens is 2. The number of carbonyl (C=O) groups excluding carboxylic acids is 2. The number of nitrogens with zero attached hydrogens (tertiary/aromatic N) is 3. The molecule has 1 fully saturated rings. The largest absolute Gasteiger partial charge is 0.455 e. The number of aryl methyl sites for hydroxylation is 1. The minimum atomic E-state index is -1.78. The Labute approximate surface area is 165 Å². The molecule has 1 N–H and O–H groups in total. The Bertz CT molecular complexity index is 918. The fourth-order valence-corrected chi connectivity index (χ4v) is 3.49. The highest BCUT2D eigenvalue weighted by Gasteiger charge is 2.45. The minimum Gasteiger partial charge on any atom is -0.455 e. The van der Waals surface area contributed by atoms with Crippen molar-refractivity contribution in [3.8, 4) is 5.75 Å². The summed E-state index contributed by atoms with van der Waals surface area (Å²) in [4.78, 5) is 26.9. The van der Waals surface area contributed by atoms with Crippen LogP contribution in [0, 0.1) is 11.7 Å². The SMILES string of the molecule is CC(F)Oc1c(F)cccc1NC(=O)[C@H]1C(=O)N(C)C[C@@H]1c1cnn(C)c1Cl. The monoisotopic (exact) mass is 412 g/mol. The third-order valence-corrected chi connectivity index (χ3v) is 5.06. The first-order valence-electron chi connectivity index (χ1n) is 8.53. The van der Waals surface area contributed by atoms with Crippen molar-refractivity contribution in [3.63, 3.8) is 0 Å². The summed E-state index contributed by atoms with van der Waals surface area (Å²) in [6.45, 7) is 1.37. The molecule has 2 aromatic rings. The molecule has 1 aromatic heterocycles. The summed E-state index contributed by atoms with van der Waals surface area (Å²) < 4.78 is 33.5. The maximum Gasteiger partial charge on any atom is 0.237 e. The van der Waals surface area contributed by atoms with Crippen LogP contribution >= 0.6 is 11.6 Å². The van der Waals surface area contributed by atoms with Crippen LogP contribution in [-0.4, -0.2) is 46.4 Å². The van der Waals surface area contributed by atoms with E-state index in [2.05, 4.69) is 10.4 Å². The van der Waals surface area contributed by atoms with E-state index < -0.39 is 41.6 Å². The Hall–Kier alpha value is -2.68. The first-order chi connectivity index (χ1) is 13.2. The Morgan fingerprint density at radius 3 is 2.75 bits per heavy atom. The summed E-state index contributed by atoms with van der Waals surface area (Å²) in [5, 5.41) is 6.87. The number of para-hydroxylation sites is 1. The molecule has 3 rings (SSSR count). The molecule has 1 saturated heterocycles. The van der Waals surface area contributed by atoms with Gasteiger partial charge in [-0.15, -0.1) is 0 Å². The molecule has 0 radical (unpaired) electrons. The van der Waals surface area contributed by atoms with Gasteiger partial charge in [0.1, 0.15) is 11.1 Å². The van der Waals surface area contributed by atoms with Gasteiger partial charge in [-0.25, -0.2) is 8.78 Å². The van der Waals surface area contributed by atoms with Gasteiger partial charge in [0.25, 0.3) is 0 Å². The number of hydrogen-bond donors (Lipinski definition) is 1. The van der Waals surface area contributed by atoms with Gasteiger partial charge in [-0.1, -0.05) is 17.7 Å². The highest BCUT2D eigenvalue weighted by atomic mass is 35.5. The smallest absolute Gasteiger partial charge is 0.237 e. The molecular weight excluding hydrogens is 394 g/mol. The second-order valence-corrected chi connectivity index (χ2v) is 6.94. The summed E-state index contributed by atoms with van der Waals surface area (Å²) in [5.41, 5.74) is 0.503. The van der Waals surface area contributed by atoms with Crippen molar-refractivity contribution in [1.29, 1.82) is 0 Å². The van der Waals surface area contributed by atoms with Crippen molar-refractivity contribution in [1.82, 2.24) is 14.7 Å². The molecule has 3 atom stereocenters. The standard InChI is InChI=1S/C18H19ClF2N4O3/c1-9(20)28-15-12(21)5-4-6-13(15)23-17(26)14-11(8-24(2)18(14)27)10-7-22-25(3)16(10)19/h4-7,9,11,14H,8H2,1-3H3,(H,23,26)/t9?,11-,14+/m1/s1. The lowest BCUT2D eigenvalue weighted by atomic mass is 9.89. The van der Waals surface area contributed by atoms with E-state index >= 15 is 0 Å². The number of carbonyl (C=O) groups is 2. The van der Waals surface area contributed by atoms with Crippen LogP contribution in [0.1, 0.15) is 18.4 Å². The molecule has 10 heteroatoms. The van der Waals surface area contributed by atoms with Gasteiger partial charge in [-0.2, -0.15) is 5.10 Å². The molecule has 28 heavy (non-hydrogen) atoms. The van der Waals surface area contributed by atoms with Crippen molar-refractivity contribution in [2.45, 2.75) is 19.2 Å². The molecular formula is C18H19ClF2N4O3. The highest BCUT2D eigenvalue weighted by Crippen LogP contribution is 2.38. The van der Waals surface area contributed by atoms with Gasteiger partial charge >= 0.3 is 0 Å². The molecule has 7 nitrogen and oxygen atoms in total. The van der Waals surface area contributed by atoms with E-state index in [9.17, 15) is 18.4 Å². The summed E-state index contributed by atoms with van der Waals surface area (Å²) in [5.74, 6) is -3.95. The Kier molecular flexibility index (Phi) is 5.55. The highest BCUT2D eigenvalue weighted by molar-refractivity contribution is 6.30. The third-order valence-electron chi connectivity index (χ3n) is 4.59. The molecule has 2 heterocycles. The lowest BCUT2D eigenvalue weighted by molar-refractivity contribution is -0.135. The molecule has 1 unspecified atom stereocenters. The van der Waals surface area contributed by atoms with Crippen LogP contribution in [0.2, 0.25) is 5.15 Å². The molecule has 0 saturated carbocycles. The molecule has 1 aliphatic rings. The van der Waals surface area contributed by atoms with E-state index in [0.717, 1.165) is 13.0 Å². The normalized spacial score (nSPS) is 20.4. The number of alkyl halides is 1. The fraction of sp³-hybridized carbons (Fsp3) is 0.389. The first-order valence-corrected chi connectivity index (χ1v) is 8.91. The van der Waals surface area contributed by atoms with Crippen molar-refractivity contribution in [2.24, 2.45) is 13.0 Å². The van der Waals surface area contributed by atoms with E-state index in [-0.39, 0.29) is 12.2 Å². The number of nitrogens with one attached hydrogen (secondary N) is 1. The van der Waals surface area contributed by atoms with Gasteiger partial charge < -0.3 is 15.0 Å². The summed E-state index contributed by atoms with van der Waals surface area (Å²) in [7, 11) is 3.23.